The van der Waals surface area contributed by atoms with E-state index in [-0.39, 0.29) is 10.6 Å². The van der Waals surface area contributed by atoms with E-state index in [1.807, 2.05) is 6.92 Å². The summed E-state index contributed by atoms with van der Waals surface area (Å²) in [6, 6.07) is 19.0. The SMILES string of the molecule is Cc1ccc(S(=O)(=O)/N=C(\C=C\c2ccc(Cl)cc2)c2ccc(F)cc2)cc1. The van der Waals surface area contributed by atoms with Gasteiger partial charge in [-0.2, -0.15) is 12.8 Å². The molecule has 0 aliphatic carbocycles. The topological polar surface area (TPSA) is 46.5 Å². The fraction of sp³-hybridized carbons (Fsp3) is 0.0455. The van der Waals surface area contributed by atoms with Crippen molar-refractivity contribution in [2.45, 2.75) is 11.8 Å². The van der Waals surface area contributed by atoms with Crippen LogP contribution in [0.3, 0.4) is 0 Å². The van der Waals surface area contributed by atoms with E-state index in [1.165, 1.54) is 36.4 Å². The number of allylic oxidation sites excluding steroid dienone is 1. The predicted octanol–water partition coefficient (Wildman–Crippen LogP) is 5.68. The summed E-state index contributed by atoms with van der Waals surface area (Å²) in [4.78, 5) is 0.0950. The molecule has 28 heavy (non-hydrogen) atoms. The first-order valence-corrected chi connectivity index (χ1v) is 10.3. The van der Waals surface area contributed by atoms with Crippen LogP contribution in [0.25, 0.3) is 6.08 Å². The lowest BCUT2D eigenvalue weighted by Gasteiger charge is -2.05. The average molecular weight is 414 g/mol. The molecule has 6 heteroatoms. The minimum Gasteiger partial charge on any atom is -0.207 e. The highest BCUT2D eigenvalue weighted by molar-refractivity contribution is 7.90. The van der Waals surface area contributed by atoms with Crippen molar-refractivity contribution in [3.05, 3.63) is 106 Å². The molecule has 3 rings (SSSR count). The first-order chi connectivity index (χ1) is 13.3. The first-order valence-electron chi connectivity index (χ1n) is 8.45. The second-order valence-electron chi connectivity index (χ2n) is 6.16. The van der Waals surface area contributed by atoms with Gasteiger partial charge in [-0.3, -0.25) is 0 Å². The quantitative estimate of drug-likeness (QED) is 0.505. The van der Waals surface area contributed by atoms with Crippen LogP contribution in [0.1, 0.15) is 16.7 Å². The largest absolute Gasteiger partial charge is 0.282 e. The number of nitrogens with zero attached hydrogens (tertiary/aromatic N) is 1. The van der Waals surface area contributed by atoms with Crippen LogP contribution in [0.2, 0.25) is 5.02 Å². The van der Waals surface area contributed by atoms with Gasteiger partial charge in [0, 0.05) is 10.6 Å². The molecule has 0 unspecified atom stereocenters. The third-order valence-corrected chi connectivity index (χ3v) is 5.54. The summed E-state index contributed by atoms with van der Waals surface area (Å²) in [6.45, 7) is 1.87. The van der Waals surface area contributed by atoms with E-state index < -0.39 is 15.8 Å². The van der Waals surface area contributed by atoms with Gasteiger partial charge in [0.05, 0.1) is 10.6 Å². The van der Waals surface area contributed by atoms with E-state index in [0.717, 1.165) is 11.1 Å². The van der Waals surface area contributed by atoms with Crippen molar-refractivity contribution >= 4 is 33.4 Å². The third-order valence-electron chi connectivity index (χ3n) is 3.98. The molecule has 3 aromatic rings. The highest BCUT2D eigenvalue weighted by Gasteiger charge is 2.14. The molecule has 142 valence electrons. The molecular formula is C22H17ClFNO2S. The van der Waals surface area contributed by atoms with Crippen molar-refractivity contribution in [3.63, 3.8) is 0 Å². The third kappa shape index (κ3) is 5.15. The van der Waals surface area contributed by atoms with Crippen LogP contribution in [0.5, 0.6) is 0 Å². The van der Waals surface area contributed by atoms with Crippen molar-refractivity contribution in [1.29, 1.82) is 0 Å². The number of halogens is 2. The maximum atomic E-state index is 13.3. The van der Waals surface area contributed by atoms with Crippen molar-refractivity contribution in [3.8, 4) is 0 Å². The minimum atomic E-state index is -3.92. The normalized spacial score (nSPS) is 12.5. The Morgan fingerprint density at radius 3 is 2.14 bits per heavy atom. The van der Waals surface area contributed by atoms with E-state index in [9.17, 15) is 12.8 Å². The van der Waals surface area contributed by atoms with Crippen LogP contribution < -0.4 is 0 Å². The Balaban J connectivity index is 2.04. The van der Waals surface area contributed by atoms with Gasteiger partial charge in [-0.15, -0.1) is 0 Å². The van der Waals surface area contributed by atoms with Crippen molar-refractivity contribution in [1.82, 2.24) is 0 Å². The fourth-order valence-electron chi connectivity index (χ4n) is 2.44. The Kier molecular flexibility index (Phi) is 6.07. The minimum absolute atomic E-state index is 0.0950. The van der Waals surface area contributed by atoms with Crippen molar-refractivity contribution < 1.29 is 12.8 Å². The van der Waals surface area contributed by atoms with Crippen LogP contribution in [0.4, 0.5) is 4.39 Å². The summed E-state index contributed by atoms with van der Waals surface area (Å²) in [7, 11) is -3.92. The molecule has 0 amide bonds. The van der Waals surface area contributed by atoms with E-state index in [0.29, 0.717) is 10.6 Å². The fourth-order valence-corrected chi connectivity index (χ4v) is 3.58. The number of benzene rings is 3. The lowest BCUT2D eigenvalue weighted by molar-refractivity contribution is 0.598. The van der Waals surface area contributed by atoms with Gasteiger partial charge in [0.15, 0.2) is 0 Å². The Labute approximate surface area is 168 Å². The van der Waals surface area contributed by atoms with Gasteiger partial charge < -0.3 is 0 Å². The maximum Gasteiger partial charge on any atom is 0.282 e. The monoisotopic (exact) mass is 413 g/mol. The zero-order chi connectivity index (χ0) is 20.1. The van der Waals surface area contributed by atoms with E-state index in [1.54, 1.807) is 48.6 Å². The molecule has 0 saturated heterocycles. The lowest BCUT2D eigenvalue weighted by atomic mass is 10.1. The summed E-state index contributed by atoms with van der Waals surface area (Å²) < 4.78 is 42.8. The van der Waals surface area contributed by atoms with Crippen LogP contribution >= 0.6 is 11.6 Å². The van der Waals surface area contributed by atoms with Crippen molar-refractivity contribution in [2.75, 3.05) is 0 Å². The number of aryl methyl sites for hydroxylation is 1. The smallest absolute Gasteiger partial charge is 0.207 e. The van der Waals surface area contributed by atoms with Gasteiger partial charge >= 0.3 is 0 Å². The van der Waals surface area contributed by atoms with E-state index in [2.05, 4.69) is 4.40 Å². The standard InChI is InChI=1S/C22H17ClFNO2S/c1-16-2-13-21(14-3-16)28(26,27)25-22(18-7-11-20(24)12-8-18)15-6-17-4-9-19(23)10-5-17/h2-15H,1H3/b15-6+,25-22+. The van der Waals surface area contributed by atoms with Crippen LogP contribution in [0, 0.1) is 12.7 Å². The van der Waals surface area contributed by atoms with E-state index >= 15 is 0 Å². The molecule has 0 spiro atoms. The summed E-state index contributed by atoms with van der Waals surface area (Å²) in [5.41, 5.74) is 2.47. The molecule has 0 radical (unpaired) electrons. The summed E-state index contributed by atoms with van der Waals surface area (Å²) >= 11 is 5.89. The highest BCUT2D eigenvalue weighted by Crippen LogP contribution is 2.17. The second kappa shape index (κ2) is 8.50. The summed E-state index contributed by atoms with van der Waals surface area (Å²) in [5, 5.41) is 0.603. The molecule has 0 saturated carbocycles. The van der Waals surface area contributed by atoms with Gasteiger partial charge in [0.1, 0.15) is 5.82 Å². The van der Waals surface area contributed by atoms with E-state index in [4.69, 9.17) is 11.6 Å². The first kappa shape index (κ1) is 20.0. The Hall–Kier alpha value is -2.76. The summed E-state index contributed by atoms with van der Waals surface area (Å²) in [5.74, 6) is -0.411. The highest BCUT2D eigenvalue weighted by atomic mass is 35.5. The predicted molar refractivity (Wildman–Crippen MR) is 112 cm³/mol. The molecular weight excluding hydrogens is 397 g/mol. The molecule has 0 heterocycles. The molecule has 0 N–H and O–H groups in total. The number of sulfonamides is 1. The number of rotatable bonds is 5. The zero-order valence-corrected chi connectivity index (χ0v) is 16.6. The molecule has 0 fully saturated rings. The van der Waals surface area contributed by atoms with Gasteiger partial charge in [-0.25, -0.2) is 4.39 Å². The second-order valence-corrected chi connectivity index (χ2v) is 8.20. The van der Waals surface area contributed by atoms with Crippen LogP contribution in [-0.2, 0) is 10.0 Å². The van der Waals surface area contributed by atoms with Gasteiger partial charge in [0.2, 0.25) is 0 Å². The average Bonchev–Trinajstić information content (AvgIpc) is 2.67. The van der Waals surface area contributed by atoms with Gasteiger partial charge in [-0.1, -0.05) is 47.5 Å². The molecule has 0 aliphatic rings. The van der Waals surface area contributed by atoms with Crippen molar-refractivity contribution in [2.24, 2.45) is 4.40 Å². The Morgan fingerprint density at radius 1 is 0.929 bits per heavy atom. The molecule has 0 aromatic heterocycles. The Morgan fingerprint density at radius 2 is 1.54 bits per heavy atom. The van der Waals surface area contributed by atoms with Crippen LogP contribution in [0.15, 0.2) is 88.2 Å². The molecule has 0 bridgehead atoms. The molecule has 3 aromatic carbocycles. The Bertz CT molecular complexity index is 1120. The molecule has 0 atom stereocenters. The zero-order valence-electron chi connectivity index (χ0n) is 15.0. The maximum absolute atomic E-state index is 13.3. The lowest BCUT2D eigenvalue weighted by Crippen LogP contribution is -2.04. The molecule has 0 aliphatic heterocycles. The van der Waals surface area contributed by atoms with Crippen LogP contribution in [-0.4, -0.2) is 14.1 Å². The molecule has 3 nitrogen and oxygen atoms in total. The number of hydrogen-bond donors (Lipinski definition) is 0. The van der Waals surface area contributed by atoms with Gasteiger partial charge in [0.25, 0.3) is 10.0 Å². The van der Waals surface area contributed by atoms with Gasteiger partial charge in [-0.05, 0) is 67.1 Å². The number of hydrogen-bond acceptors (Lipinski definition) is 2. The summed E-state index contributed by atoms with van der Waals surface area (Å²) in [6.07, 6.45) is 3.31.